The molecule has 0 fully saturated rings. The molecule has 0 bridgehead atoms. The minimum absolute atomic E-state index is 0.269. The van der Waals surface area contributed by atoms with E-state index in [0.717, 1.165) is 36.7 Å². The largest absolute Gasteiger partial charge is 0.314 e. The zero-order valence-electron chi connectivity index (χ0n) is 11.0. The molecular weight excluding hydrogens is 212 g/mol. The lowest BCUT2D eigenvalue weighted by Crippen LogP contribution is -2.29. The SMILES string of the molecule is C=C(C)CN[C@@H](c1nnc2n1CCC2)C(C)C. The molecule has 2 heterocycles. The number of fused-ring (bicyclic) bond motifs is 1. The molecule has 1 aliphatic rings. The summed E-state index contributed by atoms with van der Waals surface area (Å²) in [5.41, 5.74) is 1.15. The standard InChI is InChI=1S/C13H22N4/c1-9(2)8-14-12(10(3)4)13-16-15-11-6-5-7-17(11)13/h10,12,14H,1,5-8H2,2-4H3/t12-/m1/s1. The van der Waals surface area contributed by atoms with Crippen LogP contribution in [0.25, 0.3) is 0 Å². The van der Waals surface area contributed by atoms with Crippen LogP contribution in [0.4, 0.5) is 0 Å². The average Bonchev–Trinajstić information content (AvgIpc) is 2.80. The van der Waals surface area contributed by atoms with Crippen molar-refractivity contribution < 1.29 is 0 Å². The van der Waals surface area contributed by atoms with E-state index in [1.807, 2.05) is 6.92 Å². The summed E-state index contributed by atoms with van der Waals surface area (Å²) >= 11 is 0. The van der Waals surface area contributed by atoms with E-state index in [0.29, 0.717) is 5.92 Å². The Morgan fingerprint density at radius 2 is 2.24 bits per heavy atom. The lowest BCUT2D eigenvalue weighted by atomic mass is 10.0. The highest BCUT2D eigenvalue weighted by molar-refractivity contribution is 5.07. The first kappa shape index (κ1) is 12.3. The molecule has 4 heteroatoms. The minimum atomic E-state index is 0.269. The minimum Gasteiger partial charge on any atom is -0.314 e. The first-order valence-electron chi connectivity index (χ1n) is 6.39. The van der Waals surface area contributed by atoms with E-state index in [1.165, 1.54) is 6.42 Å². The van der Waals surface area contributed by atoms with Gasteiger partial charge in [0.2, 0.25) is 0 Å². The van der Waals surface area contributed by atoms with Gasteiger partial charge in [0, 0.05) is 19.5 Å². The number of hydrogen-bond acceptors (Lipinski definition) is 3. The van der Waals surface area contributed by atoms with Crippen molar-refractivity contribution in [3.63, 3.8) is 0 Å². The number of aromatic nitrogens is 3. The van der Waals surface area contributed by atoms with Gasteiger partial charge >= 0.3 is 0 Å². The molecule has 2 rings (SSSR count). The fourth-order valence-electron chi connectivity index (χ4n) is 2.31. The summed E-state index contributed by atoms with van der Waals surface area (Å²) in [6.45, 7) is 12.3. The summed E-state index contributed by atoms with van der Waals surface area (Å²) in [6, 6.07) is 0.269. The van der Waals surface area contributed by atoms with Gasteiger partial charge in [0.25, 0.3) is 0 Å². The first-order chi connectivity index (χ1) is 8.09. The Kier molecular flexibility index (Phi) is 3.62. The van der Waals surface area contributed by atoms with Gasteiger partial charge in [0.1, 0.15) is 11.6 Å². The summed E-state index contributed by atoms with van der Waals surface area (Å²) in [4.78, 5) is 0. The lowest BCUT2D eigenvalue weighted by molar-refractivity contribution is 0.392. The second-order valence-corrected chi connectivity index (χ2v) is 5.29. The molecule has 1 aromatic heterocycles. The van der Waals surface area contributed by atoms with Crippen LogP contribution in [0.2, 0.25) is 0 Å². The van der Waals surface area contributed by atoms with Gasteiger partial charge in [-0.25, -0.2) is 0 Å². The number of nitrogens with zero attached hydrogens (tertiary/aromatic N) is 3. The molecule has 1 atom stereocenters. The molecule has 17 heavy (non-hydrogen) atoms. The Morgan fingerprint density at radius 3 is 2.88 bits per heavy atom. The molecule has 0 saturated carbocycles. The molecule has 0 saturated heterocycles. The van der Waals surface area contributed by atoms with E-state index in [1.54, 1.807) is 0 Å². The van der Waals surface area contributed by atoms with Crippen molar-refractivity contribution in [1.82, 2.24) is 20.1 Å². The predicted molar refractivity (Wildman–Crippen MR) is 68.7 cm³/mol. The molecule has 0 aromatic carbocycles. The van der Waals surface area contributed by atoms with Crippen LogP contribution in [0.5, 0.6) is 0 Å². The number of nitrogens with one attached hydrogen (secondary N) is 1. The highest BCUT2D eigenvalue weighted by Crippen LogP contribution is 2.24. The number of hydrogen-bond donors (Lipinski definition) is 1. The van der Waals surface area contributed by atoms with Crippen LogP contribution in [0.15, 0.2) is 12.2 Å². The van der Waals surface area contributed by atoms with Crippen LogP contribution < -0.4 is 5.32 Å². The van der Waals surface area contributed by atoms with Gasteiger partial charge in [0.05, 0.1) is 6.04 Å². The number of aryl methyl sites for hydroxylation is 1. The molecule has 1 aliphatic heterocycles. The van der Waals surface area contributed by atoms with E-state index in [9.17, 15) is 0 Å². The van der Waals surface area contributed by atoms with Crippen LogP contribution in [0.1, 0.15) is 44.9 Å². The zero-order chi connectivity index (χ0) is 12.4. The molecule has 0 unspecified atom stereocenters. The third-order valence-corrected chi connectivity index (χ3v) is 3.21. The van der Waals surface area contributed by atoms with Crippen molar-refractivity contribution in [3.05, 3.63) is 23.8 Å². The van der Waals surface area contributed by atoms with Gasteiger partial charge in [-0.05, 0) is 19.3 Å². The zero-order valence-corrected chi connectivity index (χ0v) is 11.0. The van der Waals surface area contributed by atoms with E-state index < -0.39 is 0 Å². The van der Waals surface area contributed by atoms with Crippen LogP contribution >= 0.6 is 0 Å². The molecule has 0 spiro atoms. The average molecular weight is 234 g/mol. The molecule has 94 valence electrons. The fraction of sp³-hybridized carbons (Fsp3) is 0.692. The van der Waals surface area contributed by atoms with Crippen LogP contribution in [-0.2, 0) is 13.0 Å². The Balaban J connectivity index is 2.17. The third kappa shape index (κ3) is 2.57. The van der Waals surface area contributed by atoms with Gasteiger partial charge < -0.3 is 9.88 Å². The second-order valence-electron chi connectivity index (χ2n) is 5.29. The Labute approximate surface area is 103 Å². The summed E-state index contributed by atoms with van der Waals surface area (Å²) < 4.78 is 2.27. The first-order valence-corrected chi connectivity index (χ1v) is 6.39. The van der Waals surface area contributed by atoms with Crippen LogP contribution in [0.3, 0.4) is 0 Å². The molecule has 1 N–H and O–H groups in total. The summed E-state index contributed by atoms with van der Waals surface area (Å²) in [6.07, 6.45) is 2.27. The van der Waals surface area contributed by atoms with E-state index in [4.69, 9.17) is 0 Å². The van der Waals surface area contributed by atoms with Gasteiger partial charge in [-0.3, -0.25) is 0 Å². The van der Waals surface area contributed by atoms with Crippen molar-refractivity contribution in [2.45, 2.75) is 46.2 Å². The molecule has 1 aromatic rings. The highest BCUT2D eigenvalue weighted by atomic mass is 15.3. The highest BCUT2D eigenvalue weighted by Gasteiger charge is 2.25. The third-order valence-electron chi connectivity index (χ3n) is 3.21. The lowest BCUT2D eigenvalue weighted by Gasteiger charge is -2.22. The Hall–Kier alpha value is -1.16. The Bertz CT molecular complexity index is 406. The van der Waals surface area contributed by atoms with Crippen molar-refractivity contribution in [2.75, 3.05) is 6.54 Å². The normalized spacial score (nSPS) is 16.2. The maximum Gasteiger partial charge on any atom is 0.150 e. The molecule has 4 nitrogen and oxygen atoms in total. The molecule has 0 aliphatic carbocycles. The van der Waals surface area contributed by atoms with Gasteiger partial charge in [-0.1, -0.05) is 26.0 Å². The Morgan fingerprint density at radius 1 is 1.47 bits per heavy atom. The van der Waals surface area contributed by atoms with E-state index in [2.05, 4.69) is 40.5 Å². The molecule has 0 amide bonds. The quantitative estimate of drug-likeness (QED) is 0.793. The van der Waals surface area contributed by atoms with Crippen molar-refractivity contribution in [3.8, 4) is 0 Å². The maximum absolute atomic E-state index is 4.36. The topological polar surface area (TPSA) is 42.7 Å². The van der Waals surface area contributed by atoms with Crippen LogP contribution in [0, 0.1) is 5.92 Å². The van der Waals surface area contributed by atoms with Gasteiger partial charge in [0.15, 0.2) is 0 Å². The second kappa shape index (κ2) is 5.00. The molecule has 0 radical (unpaired) electrons. The summed E-state index contributed by atoms with van der Waals surface area (Å²) in [7, 11) is 0. The maximum atomic E-state index is 4.36. The summed E-state index contributed by atoms with van der Waals surface area (Å²) in [5.74, 6) is 2.74. The van der Waals surface area contributed by atoms with E-state index >= 15 is 0 Å². The smallest absolute Gasteiger partial charge is 0.150 e. The van der Waals surface area contributed by atoms with Gasteiger partial charge in [-0.15, -0.1) is 10.2 Å². The summed E-state index contributed by atoms with van der Waals surface area (Å²) in [5, 5.41) is 12.2. The molecular formula is C13H22N4. The van der Waals surface area contributed by atoms with Gasteiger partial charge in [-0.2, -0.15) is 0 Å². The van der Waals surface area contributed by atoms with Crippen molar-refractivity contribution >= 4 is 0 Å². The monoisotopic (exact) mass is 234 g/mol. The number of rotatable bonds is 5. The van der Waals surface area contributed by atoms with Crippen LogP contribution in [-0.4, -0.2) is 21.3 Å². The predicted octanol–water partition coefficient (Wildman–Crippen LogP) is 2.09. The van der Waals surface area contributed by atoms with Crippen molar-refractivity contribution in [2.24, 2.45) is 5.92 Å². The van der Waals surface area contributed by atoms with E-state index in [-0.39, 0.29) is 6.04 Å². The van der Waals surface area contributed by atoms with Crippen molar-refractivity contribution in [1.29, 1.82) is 0 Å². The fourth-order valence-corrected chi connectivity index (χ4v) is 2.31.